The first-order valence-corrected chi connectivity index (χ1v) is 4.95. The maximum Gasteiger partial charge on any atom is 0.351 e. The average Bonchev–Trinajstić information content (AvgIpc) is 2.31. The predicted molar refractivity (Wildman–Crippen MR) is 58.3 cm³/mol. The molecule has 90 valence electrons. The molecule has 0 aliphatic carbocycles. The molecule has 0 spiro atoms. The molecule has 1 aromatic carbocycles. The molecule has 0 saturated carbocycles. The Morgan fingerprint density at radius 2 is 1.88 bits per heavy atom. The summed E-state index contributed by atoms with van der Waals surface area (Å²) in [7, 11) is 0. The molecule has 0 saturated heterocycles. The van der Waals surface area contributed by atoms with Gasteiger partial charge in [-0.05, 0) is 24.2 Å². The summed E-state index contributed by atoms with van der Waals surface area (Å²) in [5.41, 5.74) is 0. The van der Waals surface area contributed by atoms with Gasteiger partial charge in [0.05, 0.1) is 6.61 Å². The molecule has 0 aromatic heterocycles. The molecule has 1 aromatic rings. The summed E-state index contributed by atoms with van der Waals surface area (Å²) < 4.78 is 9.32. The SMILES string of the molecule is CCOC(=O)C(N=O)C(=O)Oc1ccccc1. The highest BCUT2D eigenvalue weighted by molar-refractivity contribution is 6.00. The van der Waals surface area contributed by atoms with Gasteiger partial charge in [-0.2, -0.15) is 0 Å². The van der Waals surface area contributed by atoms with Gasteiger partial charge < -0.3 is 9.47 Å². The van der Waals surface area contributed by atoms with Crippen LogP contribution in [-0.2, 0) is 14.3 Å². The van der Waals surface area contributed by atoms with Gasteiger partial charge in [0.2, 0.25) is 0 Å². The second kappa shape index (κ2) is 6.37. The van der Waals surface area contributed by atoms with Crippen LogP contribution >= 0.6 is 0 Å². The highest BCUT2D eigenvalue weighted by Gasteiger charge is 2.31. The van der Waals surface area contributed by atoms with Crippen LogP contribution in [0.3, 0.4) is 0 Å². The Morgan fingerprint density at radius 3 is 2.41 bits per heavy atom. The number of para-hydroxylation sites is 1. The van der Waals surface area contributed by atoms with Crippen molar-refractivity contribution < 1.29 is 19.1 Å². The van der Waals surface area contributed by atoms with Crippen LogP contribution in [0.1, 0.15) is 6.92 Å². The number of nitroso groups, excluding NO2 is 1. The van der Waals surface area contributed by atoms with Gasteiger partial charge >= 0.3 is 11.9 Å². The van der Waals surface area contributed by atoms with Crippen LogP contribution in [0.25, 0.3) is 0 Å². The van der Waals surface area contributed by atoms with E-state index in [1.807, 2.05) is 0 Å². The van der Waals surface area contributed by atoms with Gasteiger partial charge in [0.15, 0.2) is 0 Å². The molecule has 0 aliphatic rings. The van der Waals surface area contributed by atoms with Crippen molar-refractivity contribution in [3.05, 3.63) is 35.2 Å². The largest absolute Gasteiger partial charge is 0.464 e. The summed E-state index contributed by atoms with van der Waals surface area (Å²) >= 11 is 0. The van der Waals surface area contributed by atoms with Gasteiger partial charge in [-0.3, -0.25) is 0 Å². The van der Waals surface area contributed by atoms with Crippen LogP contribution in [0.4, 0.5) is 0 Å². The number of ether oxygens (including phenoxy) is 2. The van der Waals surface area contributed by atoms with Gasteiger partial charge in [-0.25, -0.2) is 9.59 Å². The average molecular weight is 237 g/mol. The highest BCUT2D eigenvalue weighted by atomic mass is 16.6. The molecule has 0 fully saturated rings. The van der Waals surface area contributed by atoms with Crippen LogP contribution in [-0.4, -0.2) is 24.6 Å². The van der Waals surface area contributed by atoms with E-state index in [0.717, 1.165) is 0 Å². The maximum atomic E-state index is 11.4. The molecular weight excluding hydrogens is 226 g/mol. The second-order valence-corrected chi connectivity index (χ2v) is 2.99. The molecule has 0 bridgehead atoms. The van der Waals surface area contributed by atoms with Crippen molar-refractivity contribution in [2.45, 2.75) is 13.0 Å². The topological polar surface area (TPSA) is 82.0 Å². The van der Waals surface area contributed by atoms with E-state index in [9.17, 15) is 14.5 Å². The van der Waals surface area contributed by atoms with Gasteiger partial charge in [0.25, 0.3) is 6.04 Å². The van der Waals surface area contributed by atoms with Crippen LogP contribution < -0.4 is 4.74 Å². The third-order valence-electron chi connectivity index (χ3n) is 1.80. The lowest BCUT2D eigenvalue weighted by molar-refractivity contribution is -0.152. The van der Waals surface area contributed by atoms with Crippen molar-refractivity contribution in [3.8, 4) is 5.75 Å². The van der Waals surface area contributed by atoms with Crippen LogP contribution in [0.5, 0.6) is 5.75 Å². The first-order chi connectivity index (χ1) is 8.19. The van der Waals surface area contributed by atoms with Crippen molar-refractivity contribution >= 4 is 11.9 Å². The van der Waals surface area contributed by atoms with E-state index in [4.69, 9.17) is 4.74 Å². The Morgan fingerprint density at radius 1 is 1.24 bits per heavy atom. The summed E-state index contributed by atoms with van der Waals surface area (Å²) in [6.07, 6.45) is 0. The van der Waals surface area contributed by atoms with E-state index in [1.165, 1.54) is 12.1 Å². The zero-order valence-electron chi connectivity index (χ0n) is 9.16. The molecule has 1 unspecified atom stereocenters. The van der Waals surface area contributed by atoms with Gasteiger partial charge in [-0.15, -0.1) is 4.91 Å². The molecular formula is C11H11NO5. The number of hydrogen-bond donors (Lipinski definition) is 0. The van der Waals surface area contributed by atoms with Crippen molar-refractivity contribution in [1.29, 1.82) is 0 Å². The fourth-order valence-electron chi connectivity index (χ4n) is 1.06. The van der Waals surface area contributed by atoms with Gasteiger partial charge in [-0.1, -0.05) is 18.2 Å². The van der Waals surface area contributed by atoms with Crippen molar-refractivity contribution in [1.82, 2.24) is 0 Å². The summed E-state index contributed by atoms with van der Waals surface area (Å²) in [4.78, 5) is 33.0. The molecule has 6 nitrogen and oxygen atoms in total. The van der Waals surface area contributed by atoms with E-state index >= 15 is 0 Å². The van der Waals surface area contributed by atoms with Crippen molar-refractivity contribution in [3.63, 3.8) is 0 Å². The lowest BCUT2D eigenvalue weighted by atomic mass is 10.3. The first-order valence-electron chi connectivity index (χ1n) is 4.95. The summed E-state index contributed by atoms with van der Waals surface area (Å²) in [5.74, 6) is -1.83. The van der Waals surface area contributed by atoms with E-state index in [0.29, 0.717) is 0 Å². The summed E-state index contributed by atoms with van der Waals surface area (Å²) in [6, 6.07) is 6.29. The van der Waals surface area contributed by atoms with Crippen LogP contribution in [0.2, 0.25) is 0 Å². The number of esters is 2. The Balaban J connectivity index is 2.68. The minimum atomic E-state index is -1.78. The smallest absolute Gasteiger partial charge is 0.351 e. The number of hydrogen-bond acceptors (Lipinski definition) is 6. The molecule has 0 amide bonds. The number of carbonyl (C=O) groups excluding carboxylic acids is 2. The molecule has 1 atom stereocenters. The molecule has 17 heavy (non-hydrogen) atoms. The van der Waals surface area contributed by atoms with Crippen molar-refractivity contribution in [2.24, 2.45) is 5.18 Å². The number of carbonyl (C=O) groups is 2. The molecule has 6 heteroatoms. The Kier molecular flexibility index (Phi) is 4.80. The van der Waals surface area contributed by atoms with Gasteiger partial charge in [0.1, 0.15) is 5.75 Å². The number of nitrogens with zero attached hydrogens (tertiary/aromatic N) is 1. The molecule has 0 radical (unpaired) electrons. The van der Waals surface area contributed by atoms with Crippen LogP contribution in [0, 0.1) is 4.91 Å². The maximum absolute atomic E-state index is 11.4. The molecule has 0 aliphatic heterocycles. The lowest BCUT2D eigenvalue weighted by Crippen LogP contribution is -2.33. The fraction of sp³-hybridized carbons (Fsp3) is 0.273. The van der Waals surface area contributed by atoms with Crippen molar-refractivity contribution in [2.75, 3.05) is 6.61 Å². The predicted octanol–water partition coefficient (Wildman–Crippen LogP) is 1.29. The Bertz CT molecular complexity index is 404. The van der Waals surface area contributed by atoms with Gasteiger partial charge in [0, 0.05) is 0 Å². The monoisotopic (exact) mass is 237 g/mol. The Labute approximate surface area is 97.5 Å². The Hall–Kier alpha value is -2.24. The standard InChI is InChI=1S/C11H11NO5/c1-2-16-10(13)9(12-15)11(14)17-8-6-4-3-5-7-8/h3-7,9H,2H2,1H3. The zero-order chi connectivity index (χ0) is 12.7. The van der Waals surface area contributed by atoms with E-state index in [-0.39, 0.29) is 12.4 Å². The summed E-state index contributed by atoms with van der Waals surface area (Å²) in [5, 5.41) is 2.40. The number of benzene rings is 1. The second-order valence-electron chi connectivity index (χ2n) is 2.99. The summed E-state index contributed by atoms with van der Waals surface area (Å²) in [6.45, 7) is 1.62. The van der Waals surface area contributed by atoms with E-state index in [1.54, 1.807) is 25.1 Å². The number of rotatable bonds is 5. The molecule has 0 heterocycles. The first kappa shape index (κ1) is 12.8. The zero-order valence-corrected chi connectivity index (χ0v) is 9.16. The quantitative estimate of drug-likeness (QED) is 0.333. The highest BCUT2D eigenvalue weighted by Crippen LogP contribution is 2.10. The normalized spacial score (nSPS) is 11.4. The minimum absolute atomic E-state index is 0.0590. The van der Waals surface area contributed by atoms with E-state index < -0.39 is 18.0 Å². The molecule has 0 N–H and O–H groups in total. The third kappa shape index (κ3) is 3.67. The lowest BCUT2D eigenvalue weighted by Gasteiger charge is -2.08. The molecule has 1 rings (SSSR count). The van der Waals surface area contributed by atoms with Crippen LogP contribution in [0.15, 0.2) is 35.5 Å². The van der Waals surface area contributed by atoms with E-state index in [2.05, 4.69) is 9.91 Å². The minimum Gasteiger partial charge on any atom is -0.464 e. The fourth-order valence-corrected chi connectivity index (χ4v) is 1.06. The third-order valence-corrected chi connectivity index (χ3v) is 1.80.